The summed E-state index contributed by atoms with van der Waals surface area (Å²) in [7, 11) is 0. The number of ether oxygens (including phenoxy) is 2. The molecule has 0 N–H and O–H groups in total. The van der Waals surface area contributed by atoms with E-state index in [0.29, 0.717) is 50.1 Å². The molecule has 1 amide bonds. The van der Waals surface area contributed by atoms with Crippen LogP contribution in [0.5, 0.6) is 5.88 Å². The van der Waals surface area contributed by atoms with Gasteiger partial charge in [-0.05, 0) is 18.6 Å². The average Bonchev–Trinajstić information content (AvgIpc) is 3.13. The van der Waals surface area contributed by atoms with Crippen molar-refractivity contribution in [2.24, 2.45) is 0 Å². The molecule has 6 heteroatoms. The summed E-state index contributed by atoms with van der Waals surface area (Å²) in [6.07, 6.45) is 3.21. The highest BCUT2D eigenvalue weighted by Gasteiger charge is 2.26. The van der Waals surface area contributed by atoms with Gasteiger partial charge in [-0.3, -0.25) is 9.48 Å². The standard InChI is InChI=1S/C22H25N3O3/c1-4-9-20(17(3)27-5-2)22(26)24-12-13-25-19(15-24)14-21(23-25)28-16-18-10-7-6-8-11-18/h4,6-11,14H,1,3,5,12-13,15-16H2,2H3/b20-9+. The van der Waals surface area contributed by atoms with Crippen molar-refractivity contribution in [1.29, 1.82) is 0 Å². The first kappa shape index (κ1) is 19.5. The van der Waals surface area contributed by atoms with Crippen molar-refractivity contribution in [1.82, 2.24) is 14.7 Å². The summed E-state index contributed by atoms with van der Waals surface area (Å²) < 4.78 is 13.1. The van der Waals surface area contributed by atoms with E-state index in [-0.39, 0.29) is 5.91 Å². The number of aromatic nitrogens is 2. The molecule has 1 aliphatic heterocycles. The molecular formula is C22H25N3O3. The number of amides is 1. The second-order valence-corrected chi connectivity index (χ2v) is 6.37. The maximum atomic E-state index is 12.9. The van der Waals surface area contributed by atoms with Gasteiger partial charge >= 0.3 is 0 Å². The highest BCUT2D eigenvalue weighted by atomic mass is 16.5. The number of nitrogens with zero attached hydrogens (tertiary/aromatic N) is 3. The van der Waals surface area contributed by atoms with Gasteiger partial charge in [0, 0.05) is 12.6 Å². The first-order chi connectivity index (χ1) is 13.6. The molecule has 2 heterocycles. The van der Waals surface area contributed by atoms with Crippen molar-refractivity contribution >= 4 is 5.91 Å². The summed E-state index contributed by atoms with van der Waals surface area (Å²) in [5.74, 6) is 0.796. The van der Waals surface area contributed by atoms with E-state index in [1.54, 1.807) is 17.1 Å². The van der Waals surface area contributed by atoms with Gasteiger partial charge < -0.3 is 14.4 Å². The van der Waals surface area contributed by atoms with Crippen molar-refractivity contribution < 1.29 is 14.3 Å². The van der Waals surface area contributed by atoms with Crippen molar-refractivity contribution in [3.63, 3.8) is 0 Å². The summed E-state index contributed by atoms with van der Waals surface area (Å²) >= 11 is 0. The number of benzene rings is 1. The molecule has 0 unspecified atom stereocenters. The number of hydrogen-bond donors (Lipinski definition) is 0. The molecule has 0 saturated carbocycles. The van der Waals surface area contributed by atoms with E-state index in [1.165, 1.54) is 0 Å². The van der Waals surface area contributed by atoms with Gasteiger partial charge in [-0.1, -0.05) is 49.6 Å². The molecule has 0 saturated heterocycles. The van der Waals surface area contributed by atoms with Crippen LogP contribution >= 0.6 is 0 Å². The molecule has 0 spiro atoms. The van der Waals surface area contributed by atoms with Gasteiger partial charge in [0.2, 0.25) is 5.88 Å². The predicted molar refractivity (Wildman–Crippen MR) is 107 cm³/mol. The monoisotopic (exact) mass is 379 g/mol. The first-order valence-corrected chi connectivity index (χ1v) is 9.30. The third-order valence-corrected chi connectivity index (χ3v) is 4.43. The molecule has 1 aromatic heterocycles. The Morgan fingerprint density at radius 1 is 1.29 bits per heavy atom. The average molecular weight is 379 g/mol. The van der Waals surface area contributed by atoms with E-state index in [0.717, 1.165) is 11.3 Å². The quantitative estimate of drug-likeness (QED) is 0.400. The smallest absolute Gasteiger partial charge is 0.258 e. The Bertz CT molecular complexity index is 884. The van der Waals surface area contributed by atoms with E-state index in [9.17, 15) is 4.79 Å². The Hall–Kier alpha value is -3.28. The number of carbonyl (C=O) groups is 1. The second-order valence-electron chi connectivity index (χ2n) is 6.37. The van der Waals surface area contributed by atoms with Crippen LogP contribution in [0.1, 0.15) is 18.2 Å². The molecule has 0 aliphatic carbocycles. The number of hydrogen-bond acceptors (Lipinski definition) is 4. The summed E-state index contributed by atoms with van der Waals surface area (Å²) in [4.78, 5) is 14.7. The highest BCUT2D eigenvalue weighted by molar-refractivity contribution is 5.97. The lowest BCUT2D eigenvalue weighted by Crippen LogP contribution is -2.39. The molecule has 6 nitrogen and oxygen atoms in total. The molecule has 0 bridgehead atoms. The van der Waals surface area contributed by atoms with Gasteiger partial charge in [0.25, 0.3) is 5.91 Å². The zero-order valence-electron chi connectivity index (χ0n) is 16.1. The Labute approximate surface area is 165 Å². The molecule has 28 heavy (non-hydrogen) atoms. The lowest BCUT2D eigenvalue weighted by atomic mass is 10.1. The van der Waals surface area contributed by atoms with Crippen LogP contribution in [0.15, 0.2) is 73.0 Å². The molecule has 0 radical (unpaired) electrons. The fraction of sp³-hybridized carbons (Fsp3) is 0.273. The summed E-state index contributed by atoms with van der Waals surface area (Å²) in [6.45, 7) is 11.9. The highest BCUT2D eigenvalue weighted by Crippen LogP contribution is 2.22. The maximum Gasteiger partial charge on any atom is 0.258 e. The molecule has 1 aliphatic rings. The lowest BCUT2D eigenvalue weighted by Gasteiger charge is -2.28. The zero-order chi connectivity index (χ0) is 19.9. The van der Waals surface area contributed by atoms with Gasteiger partial charge in [0.15, 0.2) is 0 Å². The Balaban J connectivity index is 1.67. The van der Waals surface area contributed by atoms with E-state index in [2.05, 4.69) is 18.3 Å². The van der Waals surface area contributed by atoms with Crippen molar-refractivity contribution in [3.05, 3.63) is 84.3 Å². The summed E-state index contributed by atoms with van der Waals surface area (Å²) in [6, 6.07) is 11.8. The molecular weight excluding hydrogens is 354 g/mol. The number of rotatable bonds is 8. The SMILES string of the molecule is C=C/C=C(\C(=C)OCC)C(=O)N1CCn2nc(OCc3ccccc3)cc2C1. The Morgan fingerprint density at radius 3 is 2.79 bits per heavy atom. The minimum absolute atomic E-state index is 0.127. The van der Waals surface area contributed by atoms with Crippen LogP contribution in [0.2, 0.25) is 0 Å². The molecule has 2 aromatic rings. The van der Waals surface area contributed by atoms with Crippen molar-refractivity contribution in [2.45, 2.75) is 26.6 Å². The van der Waals surface area contributed by atoms with Gasteiger partial charge in [0.1, 0.15) is 12.4 Å². The minimum Gasteiger partial charge on any atom is -0.494 e. The van der Waals surface area contributed by atoms with Crippen LogP contribution in [0, 0.1) is 0 Å². The van der Waals surface area contributed by atoms with E-state index in [4.69, 9.17) is 9.47 Å². The number of carbonyl (C=O) groups excluding carboxylic acids is 1. The summed E-state index contributed by atoms with van der Waals surface area (Å²) in [5, 5.41) is 4.49. The Kier molecular flexibility index (Phi) is 6.32. The van der Waals surface area contributed by atoms with E-state index >= 15 is 0 Å². The lowest BCUT2D eigenvalue weighted by molar-refractivity contribution is -0.128. The first-order valence-electron chi connectivity index (χ1n) is 9.30. The van der Waals surface area contributed by atoms with Crippen LogP contribution in [-0.2, 0) is 29.2 Å². The maximum absolute atomic E-state index is 12.9. The number of allylic oxidation sites excluding steroid dienone is 2. The van der Waals surface area contributed by atoms with E-state index in [1.807, 2.05) is 48.0 Å². The zero-order valence-corrected chi connectivity index (χ0v) is 16.1. The van der Waals surface area contributed by atoms with Gasteiger partial charge in [-0.15, -0.1) is 5.10 Å². The van der Waals surface area contributed by atoms with Crippen LogP contribution < -0.4 is 4.74 Å². The topological polar surface area (TPSA) is 56.6 Å². The normalized spacial score (nSPS) is 13.6. The third kappa shape index (κ3) is 4.52. The fourth-order valence-corrected chi connectivity index (χ4v) is 3.04. The van der Waals surface area contributed by atoms with Crippen molar-refractivity contribution in [2.75, 3.05) is 13.2 Å². The fourth-order valence-electron chi connectivity index (χ4n) is 3.04. The van der Waals surface area contributed by atoms with Gasteiger partial charge in [0.05, 0.1) is 31.0 Å². The van der Waals surface area contributed by atoms with Crippen molar-refractivity contribution in [3.8, 4) is 5.88 Å². The molecule has 3 rings (SSSR count). The van der Waals surface area contributed by atoms with Gasteiger partial charge in [-0.25, -0.2) is 0 Å². The Morgan fingerprint density at radius 2 is 2.07 bits per heavy atom. The van der Waals surface area contributed by atoms with Crippen LogP contribution in [0.25, 0.3) is 0 Å². The molecule has 0 fully saturated rings. The van der Waals surface area contributed by atoms with Crippen LogP contribution in [-0.4, -0.2) is 33.7 Å². The molecule has 1 aromatic carbocycles. The number of fused-ring (bicyclic) bond motifs is 1. The van der Waals surface area contributed by atoms with Crippen LogP contribution in [0.4, 0.5) is 0 Å². The predicted octanol–water partition coefficient (Wildman–Crippen LogP) is 3.47. The second kappa shape index (κ2) is 9.08. The largest absolute Gasteiger partial charge is 0.494 e. The molecule has 146 valence electrons. The van der Waals surface area contributed by atoms with Crippen LogP contribution in [0.3, 0.4) is 0 Å². The third-order valence-electron chi connectivity index (χ3n) is 4.43. The van der Waals surface area contributed by atoms with E-state index < -0.39 is 0 Å². The summed E-state index contributed by atoms with van der Waals surface area (Å²) in [5.41, 5.74) is 2.44. The molecule has 0 atom stereocenters. The minimum atomic E-state index is -0.127. The van der Waals surface area contributed by atoms with Gasteiger partial charge in [-0.2, -0.15) is 0 Å².